The molecule has 9 rings (SSSR count). The number of aromatic nitrogens is 2. The number of halogens is 1. The molecule has 2 fully saturated rings. The molecule has 2 aromatic heterocycles. The van der Waals surface area contributed by atoms with Crippen molar-refractivity contribution in [1.82, 2.24) is 24.5 Å². The maximum atomic E-state index is 14.1. The van der Waals surface area contributed by atoms with Gasteiger partial charge in [0.1, 0.15) is 22.8 Å². The first-order valence-corrected chi connectivity index (χ1v) is 23.5. The average molecular weight is 910 g/mol. The number of amides is 1. The molecule has 1 amide bonds. The molecule has 0 saturated carbocycles. The van der Waals surface area contributed by atoms with E-state index in [2.05, 4.69) is 66.0 Å². The predicted molar refractivity (Wildman–Crippen MR) is 248 cm³/mol. The fourth-order valence-corrected chi connectivity index (χ4v) is 10.2. The molecule has 18 heteroatoms. The molecule has 64 heavy (non-hydrogen) atoms. The normalized spacial score (nSPS) is 19.4. The van der Waals surface area contributed by atoms with Crippen LogP contribution in [0.15, 0.2) is 89.6 Å². The number of hydrogen-bond donors (Lipinski definition) is 4. The molecule has 0 radical (unpaired) electrons. The molecule has 4 N–H and O–H groups in total. The smallest absolute Gasteiger partial charge is 0.295 e. The van der Waals surface area contributed by atoms with E-state index >= 15 is 0 Å². The molecule has 2 saturated heterocycles. The quantitative estimate of drug-likeness (QED) is 0.0719. The van der Waals surface area contributed by atoms with Crippen LogP contribution in [0.1, 0.15) is 49.0 Å². The van der Waals surface area contributed by atoms with Gasteiger partial charge in [-0.2, -0.15) is 0 Å². The van der Waals surface area contributed by atoms with Gasteiger partial charge in [0.05, 0.1) is 46.5 Å². The number of rotatable bonds is 12. The summed E-state index contributed by atoms with van der Waals surface area (Å²) >= 11 is 6.25. The Kier molecular flexibility index (Phi) is 12.3. The number of nitrogens with zero attached hydrogens (tertiary/aromatic N) is 5. The molecule has 3 aromatic carbocycles. The van der Waals surface area contributed by atoms with Gasteiger partial charge >= 0.3 is 0 Å². The zero-order valence-electron chi connectivity index (χ0n) is 35.9. The van der Waals surface area contributed by atoms with Gasteiger partial charge < -0.3 is 30.0 Å². The Labute approximate surface area is 377 Å². The summed E-state index contributed by atoms with van der Waals surface area (Å²) in [6.07, 6.45) is 6.48. The van der Waals surface area contributed by atoms with Crippen LogP contribution in [0.2, 0.25) is 5.02 Å². The third-order valence-electron chi connectivity index (χ3n) is 12.6. The van der Waals surface area contributed by atoms with Gasteiger partial charge in [-0.3, -0.25) is 24.7 Å². The summed E-state index contributed by atoms with van der Waals surface area (Å²) in [5.74, 6) is -0.484. The van der Waals surface area contributed by atoms with Crippen LogP contribution in [0.5, 0.6) is 11.5 Å². The molecule has 0 spiro atoms. The van der Waals surface area contributed by atoms with Crippen LogP contribution in [0.25, 0.3) is 16.6 Å². The van der Waals surface area contributed by atoms with E-state index in [0.29, 0.717) is 37.7 Å². The fraction of sp³-hybridized carbons (Fsp3) is 0.391. The Bertz CT molecular complexity index is 2710. The Morgan fingerprint density at radius 3 is 2.56 bits per heavy atom. The lowest BCUT2D eigenvalue weighted by Gasteiger charge is -2.39. The van der Waals surface area contributed by atoms with E-state index in [0.717, 1.165) is 87.2 Å². The minimum Gasteiger partial charge on any atom is -0.455 e. The second-order valence-electron chi connectivity index (χ2n) is 17.8. The number of pyridine rings is 1. The van der Waals surface area contributed by atoms with Gasteiger partial charge in [0, 0.05) is 93.3 Å². The van der Waals surface area contributed by atoms with Crippen LogP contribution in [-0.2, 0) is 14.8 Å². The largest absolute Gasteiger partial charge is 0.455 e. The molecule has 4 aliphatic rings. The number of carbonyl (C=O) groups excluding carboxylic acids is 1. The number of nitro benzene ring substituents is 1. The number of H-pyrrole nitrogens is 1. The van der Waals surface area contributed by atoms with Crippen molar-refractivity contribution in [2.75, 3.05) is 87.7 Å². The molecule has 0 bridgehead atoms. The van der Waals surface area contributed by atoms with Crippen LogP contribution in [0.3, 0.4) is 0 Å². The van der Waals surface area contributed by atoms with E-state index in [1.54, 1.807) is 30.5 Å². The minimum absolute atomic E-state index is 0.0415. The molecule has 0 unspecified atom stereocenters. The number of hydrogen-bond acceptors (Lipinski definition) is 13. The number of anilines is 3. The van der Waals surface area contributed by atoms with Crippen LogP contribution in [0.4, 0.5) is 22.7 Å². The number of allylic oxidation sites excluding steroid dienone is 1. The third kappa shape index (κ3) is 9.68. The lowest BCUT2D eigenvalue weighted by molar-refractivity contribution is -0.384. The average Bonchev–Trinajstić information content (AvgIpc) is 3.75. The number of morpholine rings is 1. The predicted octanol–water partition coefficient (Wildman–Crippen LogP) is 7.36. The summed E-state index contributed by atoms with van der Waals surface area (Å²) in [4.78, 5) is 39.8. The number of ether oxygens (including phenoxy) is 2. The summed E-state index contributed by atoms with van der Waals surface area (Å²) in [5, 5.41) is 20.3. The van der Waals surface area contributed by atoms with Crippen molar-refractivity contribution < 1.29 is 27.6 Å². The van der Waals surface area contributed by atoms with Crippen molar-refractivity contribution in [3.05, 3.63) is 111 Å². The molecule has 336 valence electrons. The van der Waals surface area contributed by atoms with Crippen LogP contribution in [0, 0.1) is 15.5 Å². The topological polar surface area (TPSA) is 187 Å². The van der Waals surface area contributed by atoms with Gasteiger partial charge in [0.25, 0.3) is 21.6 Å². The molecular weight excluding hydrogens is 858 g/mol. The lowest BCUT2D eigenvalue weighted by Crippen LogP contribution is -2.47. The highest BCUT2D eigenvalue weighted by Crippen LogP contribution is 2.44. The van der Waals surface area contributed by atoms with E-state index in [4.69, 9.17) is 21.1 Å². The highest BCUT2D eigenvalue weighted by atomic mass is 35.5. The lowest BCUT2D eigenvalue weighted by atomic mass is 9.72. The van der Waals surface area contributed by atoms with E-state index in [1.165, 1.54) is 29.0 Å². The number of nitro groups is 1. The second-order valence-corrected chi connectivity index (χ2v) is 19.9. The van der Waals surface area contributed by atoms with Crippen molar-refractivity contribution in [1.29, 1.82) is 0 Å². The number of carbonyl (C=O) groups is 1. The highest BCUT2D eigenvalue weighted by molar-refractivity contribution is 7.90. The molecular formula is C46H52ClN9O7S. The summed E-state index contributed by atoms with van der Waals surface area (Å²) in [7, 11) is -4.62. The molecule has 1 atom stereocenters. The molecule has 3 aliphatic heterocycles. The summed E-state index contributed by atoms with van der Waals surface area (Å²) < 4.78 is 41.8. The van der Waals surface area contributed by atoms with Gasteiger partial charge in [-0.15, -0.1) is 0 Å². The Hall–Kier alpha value is -5.72. The van der Waals surface area contributed by atoms with Crippen LogP contribution < -0.4 is 25.0 Å². The van der Waals surface area contributed by atoms with Crippen LogP contribution >= 0.6 is 11.6 Å². The summed E-state index contributed by atoms with van der Waals surface area (Å²) in [6.45, 7) is 12.4. The van der Waals surface area contributed by atoms with Crippen molar-refractivity contribution >= 4 is 66.9 Å². The van der Waals surface area contributed by atoms with E-state index < -0.39 is 31.4 Å². The molecule has 5 heterocycles. The zero-order chi connectivity index (χ0) is 44.6. The third-order valence-corrected chi connectivity index (χ3v) is 14.2. The maximum Gasteiger partial charge on any atom is 0.295 e. The van der Waals surface area contributed by atoms with E-state index in [-0.39, 0.29) is 34.1 Å². The van der Waals surface area contributed by atoms with Crippen molar-refractivity contribution in [2.45, 2.75) is 44.0 Å². The van der Waals surface area contributed by atoms with Gasteiger partial charge in [0.2, 0.25) is 0 Å². The molecule has 1 aliphatic carbocycles. The Morgan fingerprint density at radius 2 is 1.80 bits per heavy atom. The number of benzene rings is 3. The first-order valence-electron chi connectivity index (χ1n) is 21.7. The van der Waals surface area contributed by atoms with Crippen molar-refractivity contribution in [2.24, 2.45) is 5.41 Å². The SMILES string of the molecule is CC1(C)CCC(CN2CCN(c3ccc(C(=O)NS(=O)(=O)c4cc5c(c([N+](=O)[O-])c4)N[C@H](CN4CCOCC4)CN5)c(Oc4cnc5[nH]ccc5c4)c3)CC2)=C(c2ccc(Cl)cc2)C1. The number of aromatic amines is 1. The second kappa shape index (κ2) is 18.0. The monoisotopic (exact) mass is 909 g/mol. The standard InChI is InChI=1S/C46H52ClN9O7S/c1-46(2)11-9-32(39(25-46)30-3-5-33(47)6-4-30)28-53-13-15-55(16-14-53)35-7-8-38(42(22-35)63-36-21-31-10-12-48-44(31)50-27-36)45(57)52-64(60,61)37-23-40-43(41(24-37)56(58)59)51-34(26-49-40)29-54-17-19-62-20-18-54/h3-8,10,12,21-24,27,34,49,51H,9,11,13-20,25-26,28-29H2,1-2H3,(H,48,50)(H,52,57)/t34-/m0/s1. The fourth-order valence-electron chi connectivity index (χ4n) is 9.10. The number of fused-ring (bicyclic) bond motifs is 2. The maximum absolute atomic E-state index is 14.1. The van der Waals surface area contributed by atoms with Gasteiger partial charge in [-0.25, -0.2) is 18.1 Å². The summed E-state index contributed by atoms with van der Waals surface area (Å²) in [5.41, 5.74) is 5.77. The van der Waals surface area contributed by atoms with Crippen molar-refractivity contribution in [3.8, 4) is 11.5 Å². The van der Waals surface area contributed by atoms with Gasteiger partial charge in [-0.1, -0.05) is 43.2 Å². The first-order chi connectivity index (χ1) is 30.8. The van der Waals surface area contributed by atoms with E-state index in [9.17, 15) is 23.3 Å². The van der Waals surface area contributed by atoms with Crippen molar-refractivity contribution in [3.63, 3.8) is 0 Å². The van der Waals surface area contributed by atoms with Crippen LogP contribution in [-0.4, -0.2) is 117 Å². The molecule has 16 nitrogen and oxygen atoms in total. The Balaban J connectivity index is 0.938. The van der Waals surface area contributed by atoms with Gasteiger partial charge in [-0.05, 0) is 78.3 Å². The van der Waals surface area contributed by atoms with E-state index in [1.807, 2.05) is 18.2 Å². The Morgan fingerprint density at radius 1 is 1.02 bits per heavy atom. The zero-order valence-corrected chi connectivity index (χ0v) is 37.4. The molecule has 5 aromatic rings. The van der Waals surface area contributed by atoms with Gasteiger partial charge in [0.15, 0.2) is 0 Å². The first kappa shape index (κ1) is 43.5. The number of sulfonamides is 1. The number of piperazine rings is 1. The highest BCUT2D eigenvalue weighted by Gasteiger charge is 2.33. The minimum atomic E-state index is -4.62. The number of nitrogens with one attached hydrogen (secondary N) is 4. The summed E-state index contributed by atoms with van der Waals surface area (Å²) in [6, 6.07) is 19.0.